The SMILES string of the molecule is CC(=O)CSc1nnc(-c2ccc(C)cc2)c2sc(C)nc12. The third-order valence-corrected chi connectivity index (χ3v) is 5.21. The zero-order valence-corrected chi connectivity index (χ0v) is 14.2. The molecule has 0 atom stereocenters. The molecule has 0 amide bonds. The molecule has 0 aliphatic heterocycles. The molecule has 6 heteroatoms. The van der Waals surface area contributed by atoms with Crippen LogP contribution in [-0.4, -0.2) is 26.7 Å². The second-order valence-corrected chi connectivity index (χ2v) is 7.29. The lowest BCUT2D eigenvalue weighted by Gasteiger charge is -2.04. The molecule has 2 heterocycles. The van der Waals surface area contributed by atoms with E-state index in [1.54, 1.807) is 18.3 Å². The van der Waals surface area contributed by atoms with Crippen molar-refractivity contribution in [2.24, 2.45) is 0 Å². The highest BCUT2D eigenvalue weighted by Crippen LogP contribution is 2.35. The molecule has 3 aromatic rings. The number of thiazole rings is 1. The van der Waals surface area contributed by atoms with Gasteiger partial charge in [0.05, 0.1) is 15.5 Å². The van der Waals surface area contributed by atoms with Gasteiger partial charge in [-0.05, 0) is 20.8 Å². The molecular weight excluding hydrogens is 314 g/mol. The van der Waals surface area contributed by atoms with Crippen molar-refractivity contribution in [3.63, 3.8) is 0 Å². The molecule has 0 N–H and O–H groups in total. The Hall–Kier alpha value is -1.79. The number of carbonyl (C=O) groups excluding carboxylic acids is 1. The van der Waals surface area contributed by atoms with Crippen LogP contribution in [0.4, 0.5) is 0 Å². The van der Waals surface area contributed by atoms with Crippen molar-refractivity contribution in [2.45, 2.75) is 25.8 Å². The van der Waals surface area contributed by atoms with Gasteiger partial charge < -0.3 is 0 Å². The highest BCUT2D eigenvalue weighted by molar-refractivity contribution is 8.00. The van der Waals surface area contributed by atoms with Crippen LogP contribution in [0.1, 0.15) is 17.5 Å². The molecule has 0 aliphatic carbocycles. The minimum Gasteiger partial charge on any atom is -0.299 e. The van der Waals surface area contributed by atoms with E-state index in [0.29, 0.717) is 5.75 Å². The molecule has 0 aliphatic rings. The predicted octanol–water partition coefficient (Wildman–Crippen LogP) is 4.05. The van der Waals surface area contributed by atoms with Gasteiger partial charge in [-0.1, -0.05) is 41.6 Å². The van der Waals surface area contributed by atoms with Gasteiger partial charge in [-0.25, -0.2) is 4.98 Å². The number of nitrogens with zero attached hydrogens (tertiary/aromatic N) is 3. The topological polar surface area (TPSA) is 55.7 Å². The van der Waals surface area contributed by atoms with E-state index in [0.717, 1.165) is 31.5 Å². The van der Waals surface area contributed by atoms with Gasteiger partial charge in [0, 0.05) is 5.56 Å². The minimum atomic E-state index is 0.120. The number of carbonyl (C=O) groups is 1. The third kappa shape index (κ3) is 3.03. The number of aryl methyl sites for hydroxylation is 2. The Bertz CT molecular complexity index is 840. The van der Waals surface area contributed by atoms with Crippen LogP contribution < -0.4 is 0 Å². The Morgan fingerprint density at radius 1 is 1.18 bits per heavy atom. The van der Waals surface area contributed by atoms with Crippen LogP contribution in [-0.2, 0) is 4.79 Å². The number of fused-ring (bicyclic) bond motifs is 1. The van der Waals surface area contributed by atoms with Crippen LogP contribution in [0.5, 0.6) is 0 Å². The summed E-state index contributed by atoms with van der Waals surface area (Å²) in [6.45, 7) is 5.61. The van der Waals surface area contributed by atoms with Crippen molar-refractivity contribution >= 4 is 39.1 Å². The third-order valence-electron chi connectivity index (χ3n) is 3.13. The van der Waals surface area contributed by atoms with Crippen molar-refractivity contribution in [1.29, 1.82) is 0 Å². The van der Waals surface area contributed by atoms with E-state index < -0.39 is 0 Å². The molecular formula is C16H15N3OS2. The molecule has 3 rings (SSSR count). The van der Waals surface area contributed by atoms with Crippen LogP contribution in [0.3, 0.4) is 0 Å². The number of benzene rings is 1. The van der Waals surface area contributed by atoms with Gasteiger partial charge in [0.15, 0.2) is 0 Å². The zero-order chi connectivity index (χ0) is 15.7. The van der Waals surface area contributed by atoms with Crippen molar-refractivity contribution in [1.82, 2.24) is 15.2 Å². The van der Waals surface area contributed by atoms with Crippen LogP contribution in [0.15, 0.2) is 29.3 Å². The normalized spacial score (nSPS) is 11.0. The summed E-state index contributed by atoms with van der Waals surface area (Å²) in [5, 5.41) is 10.4. The molecule has 0 spiro atoms. The lowest BCUT2D eigenvalue weighted by Crippen LogP contribution is -1.97. The number of thioether (sulfide) groups is 1. The van der Waals surface area contributed by atoms with Gasteiger partial charge >= 0.3 is 0 Å². The van der Waals surface area contributed by atoms with Crippen LogP contribution in [0.2, 0.25) is 0 Å². The largest absolute Gasteiger partial charge is 0.299 e. The highest BCUT2D eigenvalue weighted by Gasteiger charge is 2.16. The molecule has 0 unspecified atom stereocenters. The van der Waals surface area contributed by atoms with E-state index in [-0.39, 0.29) is 5.78 Å². The van der Waals surface area contributed by atoms with Gasteiger partial charge in [-0.2, -0.15) is 0 Å². The molecule has 22 heavy (non-hydrogen) atoms. The number of hydrogen-bond acceptors (Lipinski definition) is 6. The monoisotopic (exact) mass is 329 g/mol. The highest BCUT2D eigenvalue weighted by atomic mass is 32.2. The Morgan fingerprint density at radius 3 is 2.59 bits per heavy atom. The van der Waals surface area contributed by atoms with Crippen LogP contribution in [0, 0.1) is 13.8 Å². The van der Waals surface area contributed by atoms with Gasteiger partial charge in [-0.15, -0.1) is 21.5 Å². The first-order valence-electron chi connectivity index (χ1n) is 6.87. The summed E-state index contributed by atoms with van der Waals surface area (Å²) >= 11 is 3.01. The Balaban J connectivity index is 2.11. The lowest BCUT2D eigenvalue weighted by molar-refractivity contribution is -0.114. The lowest BCUT2D eigenvalue weighted by atomic mass is 10.1. The fraction of sp³-hybridized carbons (Fsp3) is 0.250. The molecule has 0 saturated heterocycles. The zero-order valence-electron chi connectivity index (χ0n) is 12.6. The van der Waals surface area contributed by atoms with Crippen LogP contribution in [0.25, 0.3) is 21.5 Å². The number of aromatic nitrogens is 3. The molecule has 0 bridgehead atoms. The first kappa shape index (κ1) is 15.1. The number of Topliss-reactive ketones (excluding diaryl/α,β-unsaturated/α-hetero) is 1. The second kappa shape index (κ2) is 6.14. The van der Waals surface area contributed by atoms with E-state index in [2.05, 4.69) is 46.4 Å². The first-order chi connectivity index (χ1) is 10.5. The summed E-state index contributed by atoms with van der Waals surface area (Å²) in [5.74, 6) is 0.513. The molecule has 0 saturated carbocycles. The molecule has 0 fully saturated rings. The maximum Gasteiger partial charge on any atom is 0.146 e. The minimum absolute atomic E-state index is 0.120. The second-order valence-electron chi connectivity index (χ2n) is 5.12. The first-order valence-corrected chi connectivity index (χ1v) is 8.68. The summed E-state index contributed by atoms with van der Waals surface area (Å²) in [6.07, 6.45) is 0. The standard InChI is InChI=1S/C16H15N3OS2/c1-9-4-6-12(7-5-9)13-15-14(17-11(3)22-15)16(19-18-13)21-8-10(2)20/h4-7H,8H2,1-3H3. The summed E-state index contributed by atoms with van der Waals surface area (Å²) in [5.41, 5.74) is 3.95. The van der Waals surface area contributed by atoms with Gasteiger partial charge in [-0.3, -0.25) is 4.79 Å². The Kier molecular flexibility index (Phi) is 4.22. The van der Waals surface area contributed by atoms with E-state index in [4.69, 9.17) is 0 Å². The Morgan fingerprint density at radius 2 is 1.91 bits per heavy atom. The molecule has 4 nitrogen and oxygen atoms in total. The predicted molar refractivity (Wildman–Crippen MR) is 91.5 cm³/mol. The molecule has 1 aromatic carbocycles. The fourth-order valence-electron chi connectivity index (χ4n) is 2.09. The molecule has 112 valence electrons. The van der Waals surface area contributed by atoms with E-state index >= 15 is 0 Å². The summed E-state index contributed by atoms with van der Waals surface area (Å²) < 4.78 is 1.03. The van der Waals surface area contributed by atoms with Crippen molar-refractivity contribution in [2.75, 3.05) is 5.75 Å². The average Bonchev–Trinajstić information content (AvgIpc) is 2.87. The smallest absolute Gasteiger partial charge is 0.146 e. The average molecular weight is 329 g/mol. The number of ketones is 1. The van der Waals surface area contributed by atoms with E-state index in [1.807, 2.05) is 6.92 Å². The summed E-state index contributed by atoms with van der Waals surface area (Å²) in [7, 11) is 0. The quantitative estimate of drug-likeness (QED) is 0.676. The van der Waals surface area contributed by atoms with Gasteiger partial charge in [0.1, 0.15) is 22.0 Å². The van der Waals surface area contributed by atoms with Crippen LogP contribution >= 0.6 is 23.1 Å². The van der Waals surface area contributed by atoms with Crippen molar-refractivity contribution in [3.8, 4) is 11.3 Å². The molecule has 2 aromatic heterocycles. The number of rotatable bonds is 4. The summed E-state index contributed by atoms with van der Waals surface area (Å²) in [4.78, 5) is 15.8. The summed E-state index contributed by atoms with van der Waals surface area (Å²) in [6, 6.07) is 8.23. The van der Waals surface area contributed by atoms with Crippen molar-refractivity contribution < 1.29 is 4.79 Å². The maximum absolute atomic E-state index is 11.2. The van der Waals surface area contributed by atoms with Crippen molar-refractivity contribution in [3.05, 3.63) is 34.8 Å². The fourth-order valence-corrected chi connectivity index (χ4v) is 3.80. The van der Waals surface area contributed by atoms with E-state index in [9.17, 15) is 4.79 Å². The van der Waals surface area contributed by atoms with Gasteiger partial charge in [0.25, 0.3) is 0 Å². The number of hydrogen-bond donors (Lipinski definition) is 0. The van der Waals surface area contributed by atoms with Gasteiger partial charge in [0.2, 0.25) is 0 Å². The van der Waals surface area contributed by atoms with E-state index in [1.165, 1.54) is 17.3 Å². The Labute approximate surface area is 137 Å². The maximum atomic E-state index is 11.2. The molecule has 0 radical (unpaired) electrons.